The Morgan fingerprint density at radius 1 is 1.30 bits per heavy atom. The first-order valence-electron chi connectivity index (χ1n) is 5.71. The fourth-order valence-corrected chi connectivity index (χ4v) is 1.99. The minimum absolute atomic E-state index is 0.123. The third-order valence-electron chi connectivity index (χ3n) is 2.67. The molecule has 0 aliphatic carbocycles. The van der Waals surface area contributed by atoms with E-state index in [2.05, 4.69) is 21.2 Å². The molecule has 2 rings (SSSR count). The molecule has 104 valence electrons. The number of amides is 1. The van der Waals surface area contributed by atoms with E-state index in [-0.39, 0.29) is 11.7 Å². The molecular weight excluding hydrogens is 327 g/mol. The molecule has 2 aromatic rings. The second kappa shape index (κ2) is 5.92. The van der Waals surface area contributed by atoms with Crippen LogP contribution in [0.25, 0.3) is 0 Å². The van der Waals surface area contributed by atoms with Gasteiger partial charge in [0.1, 0.15) is 0 Å². The predicted molar refractivity (Wildman–Crippen MR) is 79.5 cm³/mol. The van der Waals surface area contributed by atoms with Crippen molar-refractivity contribution in [1.29, 1.82) is 0 Å². The fourth-order valence-electron chi connectivity index (χ4n) is 1.62. The summed E-state index contributed by atoms with van der Waals surface area (Å²) in [4.78, 5) is 12.0. The highest BCUT2D eigenvalue weighted by atomic mass is 79.9. The number of anilines is 2. The van der Waals surface area contributed by atoms with Crippen molar-refractivity contribution in [1.82, 2.24) is 0 Å². The summed E-state index contributed by atoms with van der Waals surface area (Å²) in [7, 11) is 1.38. The number of nitrogens with one attached hydrogen (secondary N) is 1. The zero-order valence-corrected chi connectivity index (χ0v) is 12.2. The van der Waals surface area contributed by atoms with E-state index in [9.17, 15) is 9.18 Å². The number of hydrogen-bond donors (Lipinski definition) is 2. The zero-order valence-electron chi connectivity index (χ0n) is 10.6. The summed E-state index contributed by atoms with van der Waals surface area (Å²) in [6.45, 7) is 0. The quantitative estimate of drug-likeness (QED) is 0.842. The van der Waals surface area contributed by atoms with E-state index in [1.807, 2.05) is 0 Å². The van der Waals surface area contributed by atoms with Gasteiger partial charge in [0, 0.05) is 27.5 Å². The Bertz CT molecular complexity index is 662. The molecule has 3 N–H and O–H groups in total. The van der Waals surface area contributed by atoms with Crippen LogP contribution in [-0.2, 0) is 0 Å². The molecule has 0 unspecified atom stereocenters. The molecule has 0 fully saturated rings. The minimum atomic E-state index is -0.538. The van der Waals surface area contributed by atoms with Crippen molar-refractivity contribution in [3.05, 3.63) is 52.3 Å². The maximum atomic E-state index is 13.5. The Balaban J connectivity index is 2.19. The normalized spacial score (nSPS) is 10.2. The second-order valence-corrected chi connectivity index (χ2v) is 4.89. The van der Waals surface area contributed by atoms with Gasteiger partial charge in [-0.05, 0) is 46.3 Å². The number of ether oxygens (including phenoxy) is 1. The molecule has 0 aromatic heterocycles. The lowest BCUT2D eigenvalue weighted by atomic mass is 10.2. The molecule has 20 heavy (non-hydrogen) atoms. The van der Waals surface area contributed by atoms with Gasteiger partial charge in [-0.2, -0.15) is 0 Å². The highest BCUT2D eigenvalue weighted by molar-refractivity contribution is 9.10. The van der Waals surface area contributed by atoms with Crippen molar-refractivity contribution in [3.8, 4) is 5.75 Å². The van der Waals surface area contributed by atoms with Crippen molar-refractivity contribution in [2.45, 2.75) is 0 Å². The summed E-state index contributed by atoms with van der Waals surface area (Å²) in [5.41, 5.74) is 6.96. The Morgan fingerprint density at radius 3 is 2.65 bits per heavy atom. The van der Waals surface area contributed by atoms with Crippen molar-refractivity contribution in [2.24, 2.45) is 0 Å². The molecule has 2 aromatic carbocycles. The molecule has 0 aliphatic heterocycles. The summed E-state index contributed by atoms with van der Waals surface area (Å²) in [5, 5.41) is 2.60. The van der Waals surface area contributed by atoms with E-state index in [0.717, 1.165) is 0 Å². The number of carbonyl (C=O) groups excluding carboxylic acids is 1. The summed E-state index contributed by atoms with van der Waals surface area (Å²) < 4.78 is 19.0. The van der Waals surface area contributed by atoms with Gasteiger partial charge in [-0.25, -0.2) is 4.39 Å². The fraction of sp³-hybridized carbons (Fsp3) is 0.0714. The summed E-state index contributed by atoms with van der Waals surface area (Å²) in [6.07, 6.45) is 0. The van der Waals surface area contributed by atoms with Gasteiger partial charge in [-0.1, -0.05) is 0 Å². The van der Waals surface area contributed by atoms with E-state index in [4.69, 9.17) is 10.5 Å². The van der Waals surface area contributed by atoms with Crippen LogP contribution in [0.15, 0.2) is 40.9 Å². The lowest BCUT2D eigenvalue weighted by Gasteiger charge is -2.08. The molecule has 0 atom stereocenters. The van der Waals surface area contributed by atoms with Gasteiger partial charge in [-0.15, -0.1) is 0 Å². The van der Waals surface area contributed by atoms with Crippen molar-refractivity contribution in [3.63, 3.8) is 0 Å². The molecule has 6 heteroatoms. The predicted octanol–water partition coefficient (Wildman–Crippen LogP) is 3.43. The van der Waals surface area contributed by atoms with E-state index in [1.165, 1.54) is 19.2 Å². The molecule has 0 saturated carbocycles. The van der Waals surface area contributed by atoms with Gasteiger partial charge >= 0.3 is 0 Å². The van der Waals surface area contributed by atoms with Crippen LogP contribution >= 0.6 is 15.9 Å². The SMILES string of the molecule is COc1ccc(NC(=O)c2ccc(N)c(Br)c2)cc1F. The topological polar surface area (TPSA) is 64.3 Å². The molecule has 0 saturated heterocycles. The van der Waals surface area contributed by atoms with Crippen LogP contribution < -0.4 is 15.8 Å². The van der Waals surface area contributed by atoms with Crippen molar-refractivity contribution < 1.29 is 13.9 Å². The van der Waals surface area contributed by atoms with E-state index < -0.39 is 5.82 Å². The van der Waals surface area contributed by atoms with Gasteiger partial charge in [-0.3, -0.25) is 4.79 Å². The Kier molecular flexibility index (Phi) is 4.24. The number of nitrogens with two attached hydrogens (primary N) is 1. The number of hydrogen-bond acceptors (Lipinski definition) is 3. The first kappa shape index (κ1) is 14.3. The average Bonchev–Trinajstić information content (AvgIpc) is 2.42. The summed E-state index contributed by atoms with van der Waals surface area (Å²) >= 11 is 3.25. The minimum Gasteiger partial charge on any atom is -0.494 e. The van der Waals surface area contributed by atoms with Crippen LogP contribution in [0.3, 0.4) is 0 Å². The molecule has 4 nitrogen and oxygen atoms in total. The smallest absolute Gasteiger partial charge is 0.255 e. The molecule has 0 aliphatic rings. The maximum Gasteiger partial charge on any atom is 0.255 e. The lowest BCUT2D eigenvalue weighted by Crippen LogP contribution is -2.12. The summed E-state index contributed by atoms with van der Waals surface area (Å²) in [5.74, 6) is -0.766. The van der Waals surface area contributed by atoms with E-state index in [0.29, 0.717) is 21.4 Å². The Morgan fingerprint density at radius 2 is 2.05 bits per heavy atom. The van der Waals surface area contributed by atoms with Crippen LogP contribution in [0.2, 0.25) is 0 Å². The van der Waals surface area contributed by atoms with Crippen LogP contribution in [0.1, 0.15) is 10.4 Å². The first-order chi connectivity index (χ1) is 9.51. The van der Waals surface area contributed by atoms with Crippen molar-refractivity contribution in [2.75, 3.05) is 18.2 Å². The molecule has 0 radical (unpaired) electrons. The van der Waals surface area contributed by atoms with Gasteiger partial charge in [0.05, 0.1) is 7.11 Å². The van der Waals surface area contributed by atoms with Crippen LogP contribution in [0, 0.1) is 5.82 Å². The standard InChI is InChI=1S/C14H12BrFN2O2/c1-20-13-5-3-9(7-11(13)16)18-14(19)8-2-4-12(17)10(15)6-8/h2-7H,17H2,1H3,(H,18,19). The number of carbonyl (C=O) groups is 1. The zero-order chi connectivity index (χ0) is 14.7. The number of benzene rings is 2. The first-order valence-corrected chi connectivity index (χ1v) is 6.50. The third kappa shape index (κ3) is 3.08. The number of methoxy groups -OCH3 is 1. The van der Waals surface area contributed by atoms with Crippen LogP contribution in [0.5, 0.6) is 5.75 Å². The highest BCUT2D eigenvalue weighted by Crippen LogP contribution is 2.23. The van der Waals surface area contributed by atoms with Gasteiger partial charge in [0.2, 0.25) is 0 Å². The molecule has 0 heterocycles. The second-order valence-electron chi connectivity index (χ2n) is 4.04. The number of rotatable bonds is 3. The molecule has 0 bridgehead atoms. The monoisotopic (exact) mass is 338 g/mol. The maximum absolute atomic E-state index is 13.5. The van der Waals surface area contributed by atoms with Gasteiger partial charge in [0.25, 0.3) is 5.91 Å². The Hall–Kier alpha value is -2.08. The van der Waals surface area contributed by atoms with Gasteiger partial charge in [0.15, 0.2) is 11.6 Å². The number of nitrogen functional groups attached to an aromatic ring is 1. The van der Waals surface area contributed by atoms with Gasteiger partial charge < -0.3 is 15.8 Å². The molecule has 1 amide bonds. The average molecular weight is 339 g/mol. The van der Waals surface area contributed by atoms with Crippen LogP contribution in [0.4, 0.5) is 15.8 Å². The highest BCUT2D eigenvalue weighted by Gasteiger charge is 2.10. The van der Waals surface area contributed by atoms with E-state index >= 15 is 0 Å². The largest absolute Gasteiger partial charge is 0.494 e. The van der Waals surface area contributed by atoms with E-state index in [1.54, 1.807) is 24.3 Å². The number of halogens is 2. The molecular formula is C14H12BrFN2O2. The van der Waals surface area contributed by atoms with Crippen LogP contribution in [-0.4, -0.2) is 13.0 Å². The van der Waals surface area contributed by atoms with Crippen molar-refractivity contribution >= 4 is 33.2 Å². The Labute approximate surface area is 123 Å². The lowest BCUT2D eigenvalue weighted by molar-refractivity contribution is 0.102. The third-order valence-corrected chi connectivity index (χ3v) is 3.36. The summed E-state index contributed by atoms with van der Waals surface area (Å²) in [6, 6.07) is 9.02. The molecule has 0 spiro atoms.